The highest BCUT2D eigenvalue weighted by molar-refractivity contribution is 5.77. The van der Waals surface area contributed by atoms with Crippen LogP contribution in [0.3, 0.4) is 0 Å². The predicted octanol–water partition coefficient (Wildman–Crippen LogP) is 2.10. The molecule has 0 aliphatic carbocycles. The van der Waals surface area contributed by atoms with E-state index < -0.39 is 0 Å². The summed E-state index contributed by atoms with van der Waals surface area (Å²) in [6.07, 6.45) is 0.420. The van der Waals surface area contributed by atoms with Gasteiger partial charge in [-0.1, -0.05) is 24.3 Å². The Kier molecular flexibility index (Phi) is 5.47. The molecular weight excluding hydrogens is 314 g/mol. The van der Waals surface area contributed by atoms with Crippen LogP contribution in [-0.2, 0) is 4.79 Å². The van der Waals surface area contributed by atoms with Gasteiger partial charge in [0, 0.05) is 44.8 Å². The van der Waals surface area contributed by atoms with Gasteiger partial charge in [0.05, 0.1) is 0 Å². The topological polar surface area (TPSA) is 72.3 Å². The maximum Gasteiger partial charge on any atom is 0.224 e. The molecule has 25 heavy (non-hydrogen) atoms. The van der Waals surface area contributed by atoms with Gasteiger partial charge in [0.2, 0.25) is 5.91 Å². The van der Waals surface area contributed by atoms with Crippen molar-refractivity contribution in [1.82, 2.24) is 9.88 Å². The molecule has 1 aromatic heterocycles. The van der Waals surface area contributed by atoms with E-state index in [2.05, 4.69) is 27.3 Å². The third kappa shape index (κ3) is 4.48. The third-order valence-corrected chi connectivity index (χ3v) is 4.26. The molecular formula is C19H21N5O. The van der Waals surface area contributed by atoms with Crippen molar-refractivity contribution in [2.45, 2.75) is 6.42 Å². The lowest BCUT2D eigenvalue weighted by Crippen LogP contribution is -2.49. The van der Waals surface area contributed by atoms with E-state index in [1.165, 1.54) is 5.69 Å². The van der Waals surface area contributed by atoms with Crippen molar-refractivity contribution in [1.29, 1.82) is 5.26 Å². The van der Waals surface area contributed by atoms with Gasteiger partial charge in [-0.3, -0.25) is 4.79 Å². The summed E-state index contributed by atoms with van der Waals surface area (Å²) in [5.41, 5.74) is 1.58. The van der Waals surface area contributed by atoms with Crippen molar-refractivity contribution < 1.29 is 4.79 Å². The van der Waals surface area contributed by atoms with Crippen LogP contribution in [0, 0.1) is 11.3 Å². The fourth-order valence-corrected chi connectivity index (χ4v) is 2.90. The van der Waals surface area contributed by atoms with Crippen molar-refractivity contribution >= 4 is 17.4 Å². The molecule has 1 aromatic carbocycles. The van der Waals surface area contributed by atoms with Crippen LogP contribution in [0.1, 0.15) is 12.1 Å². The number of hydrogen-bond acceptors (Lipinski definition) is 5. The van der Waals surface area contributed by atoms with Crippen LogP contribution in [0.25, 0.3) is 0 Å². The van der Waals surface area contributed by atoms with Gasteiger partial charge >= 0.3 is 0 Å². The Labute approximate surface area is 147 Å². The first-order valence-corrected chi connectivity index (χ1v) is 8.45. The number of piperazine rings is 1. The number of amides is 1. The number of nitriles is 1. The molecule has 1 fully saturated rings. The molecule has 0 unspecified atom stereocenters. The highest BCUT2D eigenvalue weighted by Gasteiger charge is 2.20. The maximum atomic E-state index is 12.3. The number of nitrogens with one attached hydrogen (secondary N) is 1. The minimum Gasteiger partial charge on any atom is -0.370 e. The van der Waals surface area contributed by atoms with Crippen molar-refractivity contribution in [2.75, 3.05) is 42.9 Å². The molecule has 128 valence electrons. The van der Waals surface area contributed by atoms with Crippen molar-refractivity contribution in [3.8, 4) is 6.07 Å². The SMILES string of the molecule is N#Cc1cccc(NCCC(=O)N2CCN(c3ccccc3)CC2)n1. The molecule has 0 atom stereocenters. The number of nitrogens with zero attached hydrogens (tertiary/aromatic N) is 4. The first-order valence-electron chi connectivity index (χ1n) is 8.45. The van der Waals surface area contributed by atoms with Gasteiger partial charge in [0.15, 0.2) is 0 Å². The first kappa shape index (κ1) is 16.8. The monoisotopic (exact) mass is 335 g/mol. The molecule has 0 spiro atoms. The standard InChI is InChI=1S/C19H21N5O/c20-15-16-5-4-8-18(22-16)21-10-9-19(25)24-13-11-23(12-14-24)17-6-2-1-3-7-17/h1-8H,9-14H2,(H,21,22). The molecule has 6 nitrogen and oxygen atoms in total. The second kappa shape index (κ2) is 8.15. The largest absolute Gasteiger partial charge is 0.370 e. The molecule has 1 saturated heterocycles. The van der Waals surface area contributed by atoms with E-state index in [0.29, 0.717) is 24.5 Å². The average Bonchev–Trinajstić information content (AvgIpc) is 2.69. The lowest BCUT2D eigenvalue weighted by Gasteiger charge is -2.36. The van der Waals surface area contributed by atoms with Gasteiger partial charge in [-0.25, -0.2) is 4.98 Å². The van der Waals surface area contributed by atoms with Crippen molar-refractivity contribution in [3.63, 3.8) is 0 Å². The van der Waals surface area contributed by atoms with Gasteiger partial charge in [-0.15, -0.1) is 0 Å². The highest BCUT2D eigenvalue weighted by atomic mass is 16.2. The van der Waals surface area contributed by atoms with Crippen LogP contribution in [0.5, 0.6) is 0 Å². The van der Waals surface area contributed by atoms with Crippen LogP contribution in [-0.4, -0.2) is 48.5 Å². The second-order valence-electron chi connectivity index (χ2n) is 5.90. The second-order valence-corrected chi connectivity index (χ2v) is 5.90. The normalized spacial score (nSPS) is 14.0. The van der Waals surface area contributed by atoms with Crippen LogP contribution in [0.2, 0.25) is 0 Å². The molecule has 0 bridgehead atoms. The van der Waals surface area contributed by atoms with E-state index in [-0.39, 0.29) is 5.91 Å². The molecule has 2 aromatic rings. The minimum absolute atomic E-state index is 0.150. The summed E-state index contributed by atoms with van der Waals surface area (Å²) in [6, 6.07) is 17.5. The van der Waals surface area contributed by atoms with E-state index in [1.54, 1.807) is 18.2 Å². The highest BCUT2D eigenvalue weighted by Crippen LogP contribution is 2.16. The van der Waals surface area contributed by atoms with E-state index in [0.717, 1.165) is 26.2 Å². The number of carbonyl (C=O) groups excluding carboxylic acids is 1. The van der Waals surface area contributed by atoms with Crippen LogP contribution < -0.4 is 10.2 Å². The molecule has 1 N–H and O–H groups in total. The Balaban J connectivity index is 1.43. The number of anilines is 2. The van der Waals surface area contributed by atoms with Gasteiger partial charge in [-0.2, -0.15) is 5.26 Å². The summed E-state index contributed by atoms with van der Waals surface area (Å²) in [5.74, 6) is 0.775. The fourth-order valence-electron chi connectivity index (χ4n) is 2.90. The summed E-state index contributed by atoms with van der Waals surface area (Å²) >= 11 is 0. The van der Waals surface area contributed by atoms with Crippen LogP contribution >= 0.6 is 0 Å². The van der Waals surface area contributed by atoms with Crippen LogP contribution in [0.4, 0.5) is 11.5 Å². The summed E-state index contributed by atoms with van der Waals surface area (Å²) < 4.78 is 0. The zero-order valence-electron chi connectivity index (χ0n) is 14.1. The number of hydrogen-bond donors (Lipinski definition) is 1. The van der Waals surface area contributed by atoms with Gasteiger partial charge in [0.25, 0.3) is 0 Å². The molecule has 0 radical (unpaired) electrons. The number of rotatable bonds is 5. The number of pyridine rings is 1. The van der Waals surface area contributed by atoms with Crippen molar-refractivity contribution in [2.24, 2.45) is 0 Å². The van der Waals surface area contributed by atoms with E-state index >= 15 is 0 Å². The lowest BCUT2D eigenvalue weighted by molar-refractivity contribution is -0.131. The molecule has 6 heteroatoms. The first-order chi connectivity index (χ1) is 12.3. The summed E-state index contributed by atoms with van der Waals surface area (Å²) in [6.45, 7) is 3.72. The summed E-state index contributed by atoms with van der Waals surface area (Å²) in [7, 11) is 0. The minimum atomic E-state index is 0.150. The number of aromatic nitrogens is 1. The molecule has 2 heterocycles. The summed E-state index contributed by atoms with van der Waals surface area (Å²) in [5, 5.41) is 11.9. The Morgan fingerprint density at radius 2 is 1.84 bits per heavy atom. The Morgan fingerprint density at radius 1 is 1.08 bits per heavy atom. The quantitative estimate of drug-likeness (QED) is 0.906. The van der Waals surface area contributed by atoms with Gasteiger partial charge < -0.3 is 15.1 Å². The smallest absolute Gasteiger partial charge is 0.224 e. The number of benzene rings is 1. The number of para-hydroxylation sites is 1. The zero-order chi connectivity index (χ0) is 17.5. The Bertz CT molecular complexity index is 748. The Morgan fingerprint density at radius 3 is 2.56 bits per heavy atom. The summed E-state index contributed by atoms with van der Waals surface area (Å²) in [4.78, 5) is 20.7. The molecule has 0 saturated carbocycles. The lowest BCUT2D eigenvalue weighted by atomic mass is 10.2. The molecule has 1 aliphatic rings. The van der Waals surface area contributed by atoms with Gasteiger partial charge in [-0.05, 0) is 24.3 Å². The Hall–Kier alpha value is -3.07. The zero-order valence-corrected chi connectivity index (χ0v) is 14.1. The predicted molar refractivity (Wildman–Crippen MR) is 97.3 cm³/mol. The molecule has 1 amide bonds. The van der Waals surface area contributed by atoms with Gasteiger partial charge in [0.1, 0.15) is 17.6 Å². The molecule has 1 aliphatic heterocycles. The number of carbonyl (C=O) groups is 1. The van der Waals surface area contributed by atoms with Crippen molar-refractivity contribution in [3.05, 3.63) is 54.2 Å². The molecule has 3 rings (SSSR count). The third-order valence-electron chi connectivity index (χ3n) is 4.26. The van der Waals surface area contributed by atoms with E-state index in [4.69, 9.17) is 5.26 Å². The fraction of sp³-hybridized carbons (Fsp3) is 0.316. The van der Waals surface area contributed by atoms with Crippen LogP contribution in [0.15, 0.2) is 48.5 Å². The maximum absolute atomic E-state index is 12.3. The average molecular weight is 335 g/mol. The van der Waals surface area contributed by atoms with E-state index in [9.17, 15) is 4.79 Å². The van der Waals surface area contributed by atoms with E-state index in [1.807, 2.05) is 29.2 Å².